The molecule has 1 fully saturated rings. The monoisotopic (exact) mass is 239 g/mol. The fraction of sp³-hybridized carbons (Fsp3) is 0.769. The van der Waals surface area contributed by atoms with Crippen LogP contribution in [-0.4, -0.2) is 60.5 Å². The molecular weight excluding hydrogens is 214 g/mol. The molecule has 98 valence electrons. The van der Waals surface area contributed by atoms with E-state index in [0.29, 0.717) is 12.6 Å². The molecule has 17 heavy (non-hydrogen) atoms. The first kappa shape index (κ1) is 14.2. The Hall–Kier alpha value is -0.870. The fourth-order valence-corrected chi connectivity index (χ4v) is 2.13. The van der Waals surface area contributed by atoms with Crippen LogP contribution in [0.2, 0.25) is 0 Å². The van der Waals surface area contributed by atoms with Crippen molar-refractivity contribution in [3.05, 3.63) is 12.7 Å². The molecule has 1 saturated heterocycles. The number of nitrogens with one attached hydrogen (secondary N) is 1. The van der Waals surface area contributed by atoms with Crippen molar-refractivity contribution in [3.8, 4) is 0 Å². The smallest absolute Gasteiger partial charge is 0.237 e. The molecule has 0 spiro atoms. The van der Waals surface area contributed by atoms with Crippen LogP contribution >= 0.6 is 0 Å². The zero-order valence-corrected chi connectivity index (χ0v) is 11.3. The predicted octanol–water partition coefficient (Wildman–Crippen LogP) is 0.703. The summed E-state index contributed by atoms with van der Waals surface area (Å²) in [6.07, 6.45) is 1.71. The van der Waals surface area contributed by atoms with E-state index in [0.717, 1.165) is 26.2 Å². The van der Waals surface area contributed by atoms with Gasteiger partial charge in [-0.15, -0.1) is 6.58 Å². The van der Waals surface area contributed by atoms with Crippen molar-refractivity contribution < 1.29 is 4.79 Å². The maximum absolute atomic E-state index is 11.8. The zero-order chi connectivity index (χ0) is 12.8. The Morgan fingerprint density at radius 3 is 2.24 bits per heavy atom. The van der Waals surface area contributed by atoms with Gasteiger partial charge in [-0.1, -0.05) is 6.08 Å². The first-order chi connectivity index (χ1) is 8.06. The molecule has 1 N–H and O–H groups in total. The summed E-state index contributed by atoms with van der Waals surface area (Å²) in [5.74, 6) is 0.0999. The van der Waals surface area contributed by atoms with Gasteiger partial charge in [0.1, 0.15) is 0 Å². The molecule has 1 atom stereocenters. The van der Waals surface area contributed by atoms with Gasteiger partial charge < -0.3 is 5.32 Å². The van der Waals surface area contributed by atoms with Gasteiger partial charge in [0.2, 0.25) is 5.91 Å². The molecule has 0 aromatic heterocycles. The predicted molar refractivity (Wildman–Crippen MR) is 71.0 cm³/mol. The lowest BCUT2D eigenvalue weighted by molar-refractivity contribution is -0.126. The Labute approximate surface area is 105 Å². The molecule has 4 heteroatoms. The summed E-state index contributed by atoms with van der Waals surface area (Å²) in [4.78, 5) is 16.5. The molecule has 0 aromatic rings. The summed E-state index contributed by atoms with van der Waals surface area (Å²) in [5.41, 5.74) is 0. The van der Waals surface area contributed by atoms with E-state index >= 15 is 0 Å². The van der Waals surface area contributed by atoms with Gasteiger partial charge in [-0.2, -0.15) is 0 Å². The zero-order valence-electron chi connectivity index (χ0n) is 11.3. The summed E-state index contributed by atoms with van der Waals surface area (Å²) in [6, 6.07) is 0.561. The second kappa shape index (κ2) is 6.77. The minimum Gasteiger partial charge on any atom is -0.351 e. The van der Waals surface area contributed by atoms with Gasteiger partial charge in [0, 0.05) is 38.8 Å². The van der Waals surface area contributed by atoms with Gasteiger partial charge in [0.05, 0.1) is 6.04 Å². The van der Waals surface area contributed by atoms with Crippen LogP contribution < -0.4 is 5.32 Å². The normalized spacial score (nSPS) is 20.2. The molecule has 1 aliphatic heterocycles. The summed E-state index contributed by atoms with van der Waals surface area (Å²) < 4.78 is 0. The van der Waals surface area contributed by atoms with Crippen molar-refractivity contribution >= 4 is 5.91 Å². The average molecular weight is 239 g/mol. The average Bonchev–Trinajstić information content (AvgIpc) is 2.35. The molecule has 1 heterocycles. The molecular formula is C13H25N3O. The number of hydrogen-bond acceptors (Lipinski definition) is 3. The van der Waals surface area contributed by atoms with Gasteiger partial charge in [0.25, 0.3) is 0 Å². The highest BCUT2D eigenvalue weighted by Gasteiger charge is 2.25. The topological polar surface area (TPSA) is 35.6 Å². The van der Waals surface area contributed by atoms with Gasteiger partial charge >= 0.3 is 0 Å². The number of amides is 1. The highest BCUT2D eigenvalue weighted by atomic mass is 16.2. The summed E-state index contributed by atoms with van der Waals surface area (Å²) >= 11 is 0. The van der Waals surface area contributed by atoms with E-state index in [4.69, 9.17) is 0 Å². The Bertz CT molecular complexity index is 257. The van der Waals surface area contributed by atoms with Gasteiger partial charge in [-0.05, 0) is 20.8 Å². The lowest BCUT2D eigenvalue weighted by atomic mass is 10.2. The highest BCUT2D eigenvalue weighted by molar-refractivity contribution is 5.81. The minimum absolute atomic E-state index is 0.0377. The highest BCUT2D eigenvalue weighted by Crippen LogP contribution is 2.09. The Balaban J connectivity index is 2.37. The molecule has 0 aliphatic carbocycles. The minimum atomic E-state index is -0.0377. The van der Waals surface area contributed by atoms with Gasteiger partial charge in [-0.25, -0.2) is 0 Å². The molecule has 1 aliphatic rings. The molecule has 1 unspecified atom stereocenters. The van der Waals surface area contributed by atoms with E-state index in [9.17, 15) is 4.79 Å². The van der Waals surface area contributed by atoms with Crippen molar-refractivity contribution in [1.82, 2.24) is 15.1 Å². The van der Waals surface area contributed by atoms with Crippen LogP contribution in [0.15, 0.2) is 12.7 Å². The fourth-order valence-electron chi connectivity index (χ4n) is 2.13. The number of nitrogens with zero attached hydrogens (tertiary/aromatic N) is 2. The number of hydrogen-bond donors (Lipinski definition) is 1. The van der Waals surface area contributed by atoms with Crippen molar-refractivity contribution in [2.45, 2.75) is 32.9 Å². The van der Waals surface area contributed by atoms with Crippen LogP contribution in [0.1, 0.15) is 20.8 Å². The molecule has 0 saturated carbocycles. The summed E-state index contributed by atoms with van der Waals surface area (Å²) in [7, 11) is 0. The van der Waals surface area contributed by atoms with Crippen LogP contribution in [0.25, 0.3) is 0 Å². The van der Waals surface area contributed by atoms with Crippen molar-refractivity contribution in [2.75, 3.05) is 32.7 Å². The summed E-state index contributed by atoms with van der Waals surface area (Å²) in [6.45, 7) is 14.6. The molecule has 4 nitrogen and oxygen atoms in total. The van der Waals surface area contributed by atoms with E-state index in [1.165, 1.54) is 0 Å². The maximum Gasteiger partial charge on any atom is 0.237 e. The third kappa shape index (κ3) is 4.13. The number of piperazine rings is 1. The van der Waals surface area contributed by atoms with Crippen LogP contribution in [-0.2, 0) is 4.79 Å². The Morgan fingerprint density at radius 2 is 1.76 bits per heavy atom. The molecule has 0 aromatic carbocycles. The largest absolute Gasteiger partial charge is 0.351 e. The lowest BCUT2D eigenvalue weighted by Gasteiger charge is -2.39. The van der Waals surface area contributed by atoms with Crippen molar-refractivity contribution in [2.24, 2.45) is 0 Å². The number of carbonyl (C=O) groups excluding carboxylic acids is 1. The van der Waals surface area contributed by atoms with Crippen molar-refractivity contribution in [3.63, 3.8) is 0 Å². The third-order valence-electron chi connectivity index (χ3n) is 3.43. The van der Waals surface area contributed by atoms with E-state index in [1.54, 1.807) is 6.08 Å². The Kier molecular flexibility index (Phi) is 5.65. The lowest BCUT2D eigenvalue weighted by Crippen LogP contribution is -2.55. The molecule has 1 amide bonds. The van der Waals surface area contributed by atoms with Crippen molar-refractivity contribution in [1.29, 1.82) is 0 Å². The molecule has 1 rings (SSSR count). The van der Waals surface area contributed by atoms with E-state index < -0.39 is 0 Å². The molecule has 0 bridgehead atoms. The second-order valence-corrected chi connectivity index (χ2v) is 4.88. The van der Waals surface area contributed by atoms with E-state index in [-0.39, 0.29) is 11.9 Å². The SMILES string of the molecule is C=CCNC(=O)C(C)N1CCN(C(C)C)CC1. The van der Waals surface area contributed by atoms with E-state index in [2.05, 4.69) is 35.5 Å². The summed E-state index contributed by atoms with van der Waals surface area (Å²) in [5, 5.41) is 2.85. The van der Waals surface area contributed by atoms with Gasteiger partial charge in [-0.3, -0.25) is 14.6 Å². The second-order valence-electron chi connectivity index (χ2n) is 4.88. The first-order valence-electron chi connectivity index (χ1n) is 6.43. The Morgan fingerprint density at radius 1 is 1.24 bits per heavy atom. The standard InChI is InChI=1S/C13H25N3O/c1-5-6-14-13(17)12(4)16-9-7-15(8-10-16)11(2)3/h5,11-12H,1,6-10H2,2-4H3,(H,14,17). The maximum atomic E-state index is 11.8. The number of carbonyl (C=O) groups is 1. The first-order valence-corrected chi connectivity index (χ1v) is 6.43. The van der Waals surface area contributed by atoms with Crippen LogP contribution in [0.5, 0.6) is 0 Å². The quantitative estimate of drug-likeness (QED) is 0.718. The van der Waals surface area contributed by atoms with E-state index in [1.807, 2.05) is 6.92 Å². The van der Waals surface area contributed by atoms with Crippen LogP contribution in [0, 0.1) is 0 Å². The number of rotatable bonds is 5. The third-order valence-corrected chi connectivity index (χ3v) is 3.43. The van der Waals surface area contributed by atoms with Crippen LogP contribution in [0.3, 0.4) is 0 Å². The van der Waals surface area contributed by atoms with Gasteiger partial charge in [0.15, 0.2) is 0 Å². The van der Waals surface area contributed by atoms with Crippen LogP contribution in [0.4, 0.5) is 0 Å². The molecule has 0 radical (unpaired) electrons.